The van der Waals surface area contributed by atoms with E-state index in [0.717, 1.165) is 11.0 Å². The van der Waals surface area contributed by atoms with E-state index in [-0.39, 0.29) is 12.4 Å². The maximum Gasteiger partial charge on any atom is 0.177 e. The number of nitrogens with zero attached hydrogens (tertiary/aromatic N) is 5. The third kappa shape index (κ3) is 2.69. The average Bonchev–Trinajstić information content (AvgIpc) is 3.22. The van der Waals surface area contributed by atoms with Gasteiger partial charge < -0.3 is 0 Å². The number of aromatic amines is 1. The van der Waals surface area contributed by atoms with Crippen LogP contribution in [0.1, 0.15) is 18.3 Å². The number of hydrogen-bond donors (Lipinski definition) is 1. The van der Waals surface area contributed by atoms with E-state index in [0.29, 0.717) is 28.6 Å². The second-order valence-corrected chi connectivity index (χ2v) is 5.76. The first-order valence-corrected chi connectivity index (χ1v) is 7.77. The minimum absolute atomic E-state index is 0.270. The fourth-order valence-electron chi connectivity index (χ4n) is 2.64. The Hall–Kier alpha value is -3.35. The summed E-state index contributed by atoms with van der Waals surface area (Å²) in [5, 5.41) is 12.4. The summed E-state index contributed by atoms with van der Waals surface area (Å²) in [4.78, 5) is 8.82. The first-order chi connectivity index (χ1) is 12.1. The summed E-state index contributed by atoms with van der Waals surface area (Å²) >= 11 is 0. The molecular formula is C18H15FN6. The smallest absolute Gasteiger partial charge is 0.177 e. The van der Waals surface area contributed by atoms with Gasteiger partial charge in [-0.1, -0.05) is 24.8 Å². The highest BCUT2D eigenvalue weighted by molar-refractivity contribution is 5.89. The second kappa shape index (κ2) is 5.94. The number of pyridine rings is 1. The molecule has 4 aromatic rings. The van der Waals surface area contributed by atoms with E-state index in [1.807, 2.05) is 19.1 Å². The molecule has 0 aliphatic rings. The van der Waals surface area contributed by atoms with Crippen molar-refractivity contribution in [3.8, 4) is 11.5 Å². The molecule has 3 aromatic heterocycles. The molecule has 124 valence electrons. The predicted octanol–water partition coefficient (Wildman–Crippen LogP) is 3.44. The zero-order valence-electron chi connectivity index (χ0n) is 13.6. The predicted molar refractivity (Wildman–Crippen MR) is 93.1 cm³/mol. The van der Waals surface area contributed by atoms with Gasteiger partial charge in [-0.25, -0.2) is 19.0 Å². The van der Waals surface area contributed by atoms with Crippen LogP contribution in [0.5, 0.6) is 0 Å². The van der Waals surface area contributed by atoms with Gasteiger partial charge in [0.1, 0.15) is 11.5 Å². The van der Waals surface area contributed by atoms with Crippen molar-refractivity contribution < 1.29 is 4.39 Å². The lowest BCUT2D eigenvalue weighted by atomic mass is 10.2. The maximum absolute atomic E-state index is 14.0. The summed E-state index contributed by atoms with van der Waals surface area (Å²) in [6.45, 7) is 5.96. The van der Waals surface area contributed by atoms with Crippen LogP contribution in [0.3, 0.4) is 0 Å². The number of allylic oxidation sites excluding steroid dienone is 1. The summed E-state index contributed by atoms with van der Waals surface area (Å²) in [6.07, 6.45) is 1.69. The monoisotopic (exact) mass is 334 g/mol. The van der Waals surface area contributed by atoms with Crippen LogP contribution >= 0.6 is 0 Å². The van der Waals surface area contributed by atoms with Crippen LogP contribution in [-0.2, 0) is 6.54 Å². The van der Waals surface area contributed by atoms with Crippen molar-refractivity contribution in [1.29, 1.82) is 0 Å². The van der Waals surface area contributed by atoms with Crippen molar-refractivity contribution in [2.45, 2.75) is 13.5 Å². The van der Waals surface area contributed by atoms with Gasteiger partial charge in [-0.05, 0) is 30.7 Å². The fourth-order valence-corrected chi connectivity index (χ4v) is 2.64. The third-order valence-electron chi connectivity index (χ3n) is 3.88. The highest BCUT2D eigenvalue weighted by Gasteiger charge is 2.17. The number of aromatic nitrogens is 6. The lowest BCUT2D eigenvalue weighted by Crippen LogP contribution is -2.04. The quantitative estimate of drug-likeness (QED) is 0.620. The normalized spacial score (nSPS) is 11.1. The molecule has 0 radical (unpaired) electrons. The molecule has 25 heavy (non-hydrogen) atoms. The molecule has 0 bridgehead atoms. The first-order valence-electron chi connectivity index (χ1n) is 7.77. The number of benzene rings is 1. The van der Waals surface area contributed by atoms with E-state index in [1.165, 1.54) is 6.07 Å². The van der Waals surface area contributed by atoms with E-state index in [2.05, 4.69) is 31.8 Å². The number of hydrogen-bond acceptors (Lipinski definition) is 4. The van der Waals surface area contributed by atoms with Gasteiger partial charge in [-0.15, -0.1) is 0 Å². The summed E-state index contributed by atoms with van der Waals surface area (Å²) in [5.41, 5.74) is 2.59. The number of H-pyrrole nitrogens is 1. The Labute approximate surface area is 143 Å². The molecule has 6 nitrogen and oxygen atoms in total. The molecule has 0 saturated carbocycles. The van der Waals surface area contributed by atoms with Gasteiger partial charge in [0.25, 0.3) is 0 Å². The molecule has 0 aliphatic carbocycles. The van der Waals surface area contributed by atoms with Crippen LogP contribution in [0, 0.1) is 5.82 Å². The van der Waals surface area contributed by atoms with Gasteiger partial charge in [0.2, 0.25) is 0 Å². The average molecular weight is 334 g/mol. The van der Waals surface area contributed by atoms with Crippen molar-refractivity contribution in [2.75, 3.05) is 0 Å². The molecule has 0 saturated heterocycles. The van der Waals surface area contributed by atoms with Crippen LogP contribution < -0.4 is 0 Å². The zero-order valence-corrected chi connectivity index (χ0v) is 13.6. The SMILES string of the molecule is C=C(C)c1n[nH]c(-c2nn(Cc3ccccc3F)c3ncccc23)n1. The molecule has 1 N–H and O–H groups in total. The van der Waals surface area contributed by atoms with Crippen molar-refractivity contribution >= 4 is 16.6 Å². The van der Waals surface area contributed by atoms with Crippen LogP contribution in [0.4, 0.5) is 4.39 Å². The van der Waals surface area contributed by atoms with E-state index in [4.69, 9.17) is 0 Å². The second-order valence-electron chi connectivity index (χ2n) is 5.76. The Morgan fingerprint density at radius 3 is 2.84 bits per heavy atom. The van der Waals surface area contributed by atoms with Gasteiger partial charge in [0, 0.05) is 11.8 Å². The highest BCUT2D eigenvalue weighted by atomic mass is 19.1. The molecule has 4 rings (SSSR count). The summed E-state index contributed by atoms with van der Waals surface area (Å²) in [5.74, 6) is 0.798. The van der Waals surface area contributed by atoms with E-state index >= 15 is 0 Å². The Morgan fingerprint density at radius 1 is 1.24 bits per heavy atom. The van der Waals surface area contributed by atoms with Crippen molar-refractivity contribution in [3.63, 3.8) is 0 Å². The summed E-state index contributed by atoms with van der Waals surface area (Å²) in [6, 6.07) is 10.4. The zero-order chi connectivity index (χ0) is 17.4. The van der Waals surface area contributed by atoms with Crippen LogP contribution in [0.2, 0.25) is 0 Å². The van der Waals surface area contributed by atoms with Gasteiger partial charge in [-0.2, -0.15) is 10.2 Å². The Balaban J connectivity index is 1.83. The highest BCUT2D eigenvalue weighted by Crippen LogP contribution is 2.25. The van der Waals surface area contributed by atoms with Crippen LogP contribution in [0.25, 0.3) is 28.1 Å². The Morgan fingerprint density at radius 2 is 2.08 bits per heavy atom. The van der Waals surface area contributed by atoms with Crippen LogP contribution in [-0.4, -0.2) is 29.9 Å². The number of rotatable bonds is 4. The molecule has 7 heteroatoms. The van der Waals surface area contributed by atoms with E-state index in [9.17, 15) is 4.39 Å². The molecule has 0 spiro atoms. The first kappa shape index (κ1) is 15.2. The van der Waals surface area contributed by atoms with Crippen LogP contribution in [0.15, 0.2) is 49.2 Å². The van der Waals surface area contributed by atoms with Gasteiger partial charge in [0.15, 0.2) is 17.3 Å². The summed E-state index contributed by atoms with van der Waals surface area (Å²) < 4.78 is 15.7. The minimum Gasteiger partial charge on any atom is -0.257 e. The lowest BCUT2D eigenvalue weighted by Gasteiger charge is -2.04. The molecule has 0 fully saturated rings. The molecular weight excluding hydrogens is 319 g/mol. The van der Waals surface area contributed by atoms with Gasteiger partial charge in [0.05, 0.1) is 11.9 Å². The van der Waals surface area contributed by atoms with Crippen molar-refractivity contribution in [2.24, 2.45) is 0 Å². The largest absolute Gasteiger partial charge is 0.257 e. The molecule has 1 aromatic carbocycles. The van der Waals surface area contributed by atoms with Crippen molar-refractivity contribution in [1.82, 2.24) is 29.9 Å². The number of fused-ring (bicyclic) bond motifs is 1. The fraction of sp³-hybridized carbons (Fsp3) is 0.111. The number of halogens is 1. The molecule has 0 aliphatic heterocycles. The van der Waals surface area contributed by atoms with E-state index < -0.39 is 0 Å². The number of nitrogens with one attached hydrogen (secondary N) is 1. The maximum atomic E-state index is 14.0. The lowest BCUT2D eigenvalue weighted by molar-refractivity contribution is 0.589. The minimum atomic E-state index is -0.270. The molecule has 0 unspecified atom stereocenters. The molecule has 0 atom stereocenters. The third-order valence-corrected chi connectivity index (χ3v) is 3.88. The Kier molecular flexibility index (Phi) is 3.61. The topological polar surface area (TPSA) is 72.3 Å². The van der Waals surface area contributed by atoms with E-state index in [1.54, 1.807) is 29.1 Å². The standard InChI is InChI=1S/C18H15FN6/c1-11(2)16-21-17(23-22-16)15-13-7-5-9-20-18(13)25(24-15)10-12-6-3-4-8-14(12)19/h3-9H,1,10H2,2H3,(H,21,22,23). The Bertz CT molecular complexity index is 1080. The summed E-state index contributed by atoms with van der Waals surface area (Å²) in [7, 11) is 0. The van der Waals surface area contributed by atoms with Crippen molar-refractivity contribution in [3.05, 3.63) is 66.4 Å². The molecule has 0 amide bonds. The van der Waals surface area contributed by atoms with Gasteiger partial charge in [-0.3, -0.25) is 5.10 Å². The molecule has 3 heterocycles. The van der Waals surface area contributed by atoms with Gasteiger partial charge >= 0.3 is 0 Å².